The van der Waals surface area contributed by atoms with E-state index in [4.69, 9.17) is 0 Å². The lowest BCUT2D eigenvalue weighted by atomic mass is 10.0. The van der Waals surface area contributed by atoms with Gasteiger partial charge in [-0.15, -0.1) is 11.3 Å². The first-order chi connectivity index (χ1) is 9.42. The van der Waals surface area contributed by atoms with E-state index in [-0.39, 0.29) is 0 Å². The lowest BCUT2D eigenvalue weighted by molar-refractivity contribution is 0.456. The van der Waals surface area contributed by atoms with E-state index in [0.29, 0.717) is 0 Å². The van der Waals surface area contributed by atoms with Gasteiger partial charge in [0.15, 0.2) is 0 Å². The van der Waals surface area contributed by atoms with E-state index in [0.717, 1.165) is 36.3 Å². The highest BCUT2D eigenvalue weighted by Gasteiger charge is 2.64. The van der Waals surface area contributed by atoms with Crippen LogP contribution in [-0.4, -0.2) is 6.04 Å². The Kier molecular flexibility index (Phi) is 2.19. The van der Waals surface area contributed by atoms with Crippen LogP contribution in [0.15, 0.2) is 29.6 Å². The van der Waals surface area contributed by atoms with Gasteiger partial charge in [0.2, 0.25) is 0 Å². The molecule has 1 heterocycles. The molecular formula is C17H19NS. The van der Waals surface area contributed by atoms with Crippen LogP contribution in [0, 0.1) is 23.7 Å². The number of hydrogen-bond donors (Lipinski definition) is 1. The van der Waals surface area contributed by atoms with Gasteiger partial charge in [-0.05, 0) is 65.3 Å². The van der Waals surface area contributed by atoms with Gasteiger partial charge in [-0.25, -0.2) is 0 Å². The minimum Gasteiger partial charge on any atom is -0.309 e. The lowest BCUT2D eigenvalue weighted by Gasteiger charge is -2.10. The van der Waals surface area contributed by atoms with Crippen LogP contribution in [0.2, 0.25) is 0 Å². The summed E-state index contributed by atoms with van der Waals surface area (Å²) in [6, 6.07) is 9.64. The summed E-state index contributed by atoms with van der Waals surface area (Å²) in [7, 11) is 0. The van der Waals surface area contributed by atoms with Gasteiger partial charge < -0.3 is 5.32 Å². The van der Waals surface area contributed by atoms with Gasteiger partial charge in [-0.1, -0.05) is 18.2 Å². The first-order valence-electron chi connectivity index (χ1n) is 7.60. The van der Waals surface area contributed by atoms with Crippen molar-refractivity contribution in [3.8, 4) is 0 Å². The van der Waals surface area contributed by atoms with Crippen molar-refractivity contribution in [2.75, 3.05) is 0 Å². The molecule has 0 saturated heterocycles. The van der Waals surface area contributed by atoms with E-state index < -0.39 is 0 Å². The molecule has 1 N–H and O–H groups in total. The van der Waals surface area contributed by atoms with Crippen molar-refractivity contribution in [3.05, 3.63) is 35.2 Å². The highest BCUT2D eigenvalue weighted by molar-refractivity contribution is 7.17. The Morgan fingerprint density at radius 3 is 2.74 bits per heavy atom. The monoisotopic (exact) mass is 269 g/mol. The number of nitrogens with one attached hydrogen (secondary N) is 1. The predicted molar refractivity (Wildman–Crippen MR) is 80.3 cm³/mol. The predicted octanol–water partition coefficient (Wildman–Crippen LogP) is 4.04. The molecule has 5 rings (SSSR count). The molecule has 2 aromatic rings. The molecule has 2 bridgehead atoms. The van der Waals surface area contributed by atoms with E-state index in [1.54, 1.807) is 6.42 Å². The largest absolute Gasteiger partial charge is 0.309 e. The highest BCUT2D eigenvalue weighted by atomic mass is 32.1. The number of thiophene rings is 1. The van der Waals surface area contributed by atoms with Gasteiger partial charge in [0.1, 0.15) is 0 Å². The van der Waals surface area contributed by atoms with Crippen molar-refractivity contribution < 1.29 is 0 Å². The molecular weight excluding hydrogens is 250 g/mol. The van der Waals surface area contributed by atoms with E-state index in [9.17, 15) is 0 Å². The third-order valence-corrected chi connectivity index (χ3v) is 6.84. The van der Waals surface area contributed by atoms with Gasteiger partial charge in [-0.3, -0.25) is 0 Å². The zero-order valence-electron chi connectivity index (χ0n) is 11.0. The smallest absolute Gasteiger partial charge is 0.0346 e. The summed E-state index contributed by atoms with van der Waals surface area (Å²) in [5.41, 5.74) is 1.50. The van der Waals surface area contributed by atoms with Crippen molar-refractivity contribution in [1.29, 1.82) is 0 Å². The van der Waals surface area contributed by atoms with Gasteiger partial charge >= 0.3 is 0 Å². The fraction of sp³-hybridized carbons (Fsp3) is 0.529. The average Bonchev–Trinajstić information content (AvgIpc) is 2.85. The molecule has 0 aliphatic heterocycles. The summed E-state index contributed by atoms with van der Waals surface area (Å²) in [4.78, 5) is 0. The molecule has 0 amide bonds. The maximum atomic E-state index is 3.86. The van der Waals surface area contributed by atoms with Crippen molar-refractivity contribution in [2.24, 2.45) is 23.7 Å². The van der Waals surface area contributed by atoms with Gasteiger partial charge in [-0.2, -0.15) is 0 Å². The highest BCUT2D eigenvalue weighted by Crippen LogP contribution is 2.65. The lowest BCUT2D eigenvalue weighted by Crippen LogP contribution is -2.22. The number of hydrogen-bond acceptors (Lipinski definition) is 2. The Hall–Kier alpha value is -0.860. The zero-order chi connectivity index (χ0) is 12.4. The second kappa shape index (κ2) is 3.83. The molecule has 2 heteroatoms. The van der Waals surface area contributed by atoms with Crippen molar-refractivity contribution in [2.45, 2.75) is 31.8 Å². The minimum absolute atomic E-state index is 0.852. The maximum Gasteiger partial charge on any atom is 0.0346 e. The molecule has 0 radical (unpaired) electrons. The zero-order valence-corrected chi connectivity index (χ0v) is 11.8. The SMILES string of the molecule is c1ccc2c(CNC3C4C5CCC(C5)C34)csc2c1. The summed E-state index contributed by atoms with van der Waals surface area (Å²) < 4.78 is 1.43. The Labute approximate surface area is 118 Å². The van der Waals surface area contributed by atoms with E-state index in [1.807, 2.05) is 11.3 Å². The Balaban J connectivity index is 1.32. The van der Waals surface area contributed by atoms with Gasteiger partial charge in [0, 0.05) is 17.3 Å². The molecule has 1 aromatic heterocycles. The Bertz CT molecular complexity index is 615. The summed E-state index contributed by atoms with van der Waals surface area (Å²) in [5.74, 6) is 4.24. The molecule has 3 fully saturated rings. The molecule has 0 spiro atoms. The molecule has 4 atom stereocenters. The first kappa shape index (κ1) is 10.9. The van der Waals surface area contributed by atoms with Crippen LogP contribution in [0.1, 0.15) is 24.8 Å². The molecule has 98 valence electrons. The number of fused-ring (bicyclic) bond motifs is 6. The van der Waals surface area contributed by atoms with Crippen LogP contribution < -0.4 is 5.32 Å². The summed E-state index contributed by atoms with van der Waals surface area (Å²) in [5, 5.41) is 7.65. The van der Waals surface area contributed by atoms with Crippen molar-refractivity contribution in [3.63, 3.8) is 0 Å². The average molecular weight is 269 g/mol. The quantitative estimate of drug-likeness (QED) is 0.887. The van der Waals surface area contributed by atoms with E-state index in [2.05, 4.69) is 35.0 Å². The van der Waals surface area contributed by atoms with Crippen molar-refractivity contribution in [1.82, 2.24) is 5.32 Å². The van der Waals surface area contributed by atoms with E-state index >= 15 is 0 Å². The fourth-order valence-corrected chi connectivity index (χ4v) is 5.96. The normalized spacial score (nSPS) is 38.8. The maximum absolute atomic E-state index is 3.86. The molecule has 3 aliphatic carbocycles. The third-order valence-electron chi connectivity index (χ3n) is 5.82. The van der Waals surface area contributed by atoms with E-state index in [1.165, 1.54) is 28.5 Å². The molecule has 1 nitrogen and oxygen atoms in total. The van der Waals surface area contributed by atoms with Crippen LogP contribution in [0.5, 0.6) is 0 Å². The number of rotatable bonds is 3. The number of benzene rings is 1. The third kappa shape index (κ3) is 1.50. The van der Waals surface area contributed by atoms with Gasteiger partial charge in [0.25, 0.3) is 0 Å². The first-order valence-corrected chi connectivity index (χ1v) is 8.48. The standard InChI is InChI=1S/C17H19NS/c1-2-4-14-13(3-1)12(9-19-14)8-18-17-15-10-5-6-11(7-10)16(15)17/h1-4,9-11,15-18H,5-8H2. The second-order valence-electron chi connectivity index (χ2n) is 6.65. The van der Waals surface area contributed by atoms with Crippen molar-refractivity contribution >= 4 is 21.4 Å². The molecule has 19 heavy (non-hydrogen) atoms. The Morgan fingerprint density at radius 2 is 1.89 bits per heavy atom. The van der Waals surface area contributed by atoms with Crippen LogP contribution in [0.25, 0.3) is 10.1 Å². The minimum atomic E-state index is 0.852. The summed E-state index contributed by atoms with van der Waals surface area (Å²) in [6.45, 7) is 1.07. The topological polar surface area (TPSA) is 12.0 Å². The van der Waals surface area contributed by atoms with Gasteiger partial charge in [0.05, 0.1) is 0 Å². The van der Waals surface area contributed by atoms with Crippen LogP contribution in [-0.2, 0) is 6.54 Å². The Morgan fingerprint density at radius 1 is 1.11 bits per heavy atom. The second-order valence-corrected chi connectivity index (χ2v) is 7.56. The van der Waals surface area contributed by atoms with Crippen LogP contribution >= 0.6 is 11.3 Å². The molecule has 1 aromatic carbocycles. The fourth-order valence-electron chi connectivity index (χ4n) is 5.00. The summed E-state index contributed by atoms with van der Waals surface area (Å²) in [6.07, 6.45) is 4.59. The molecule has 3 saturated carbocycles. The van der Waals surface area contributed by atoms with Crippen LogP contribution in [0.4, 0.5) is 0 Å². The molecule has 3 aliphatic rings. The summed E-state index contributed by atoms with van der Waals surface area (Å²) >= 11 is 1.88. The van der Waals surface area contributed by atoms with Crippen LogP contribution in [0.3, 0.4) is 0 Å². The molecule has 4 unspecified atom stereocenters.